The number of aromatic nitrogens is 2. The minimum Gasteiger partial charge on any atom is -0.323 e. The molecule has 0 aromatic carbocycles. The van der Waals surface area contributed by atoms with Crippen molar-refractivity contribution < 1.29 is 0 Å². The van der Waals surface area contributed by atoms with Crippen LogP contribution in [0.1, 0.15) is 63.4 Å². The number of nitrogens with zero attached hydrogens (tertiary/aromatic N) is 2. The highest BCUT2D eigenvalue weighted by Gasteiger charge is 2.40. The Bertz CT molecular complexity index is 437. The summed E-state index contributed by atoms with van der Waals surface area (Å²) < 4.78 is 2.11. The zero-order valence-electron chi connectivity index (χ0n) is 12.3. The summed E-state index contributed by atoms with van der Waals surface area (Å²) in [5, 5.41) is 4.63. The highest BCUT2D eigenvalue weighted by molar-refractivity contribution is 5.14. The fourth-order valence-corrected chi connectivity index (χ4v) is 4.32. The summed E-state index contributed by atoms with van der Waals surface area (Å²) in [6.45, 7) is 5.24. The minimum absolute atomic E-state index is 0.178. The van der Waals surface area contributed by atoms with Crippen LogP contribution >= 0.6 is 0 Å². The van der Waals surface area contributed by atoms with E-state index in [2.05, 4.69) is 29.7 Å². The maximum Gasteiger partial charge on any atom is 0.0625 e. The van der Waals surface area contributed by atoms with Crippen molar-refractivity contribution in [2.24, 2.45) is 23.5 Å². The predicted molar refractivity (Wildman–Crippen MR) is 77.8 cm³/mol. The van der Waals surface area contributed by atoms with E-state index in [1.54, 1.807) is 0 Å². The lowest BCUT2D eigenvalue weighted by atomic mass is 9.84. The second kappa shape index (κ2) is 5.28. The normalized spacial score (nSPS) is 31.0. The number of hydrogen-bond donors (Lipinski definition) is 1. The van der Waals surface area contributed by atoms with Crippen LogP contribution in [-0.2, 0) is 13.0 Å². The van der Waals surface area contributed by atoms with Crippen LogP contribution < -0.4 is 5.73 Å². The molecule has 2 saturated carbocycles. The number of hydrogen-bond acceptors (Lipinski definition) is 2. The third-order valence-corrected chi connectivity index (χ3v) is 5.34. The number of nitrogens with two attached hydrogens (primary N) is 1. The Morgan fingerprint density at radius 2 is 2.21 bits per heavy atom. The van der Waals surface area contributed by atoms with Crippen LogP contribution in [0.2, 0.25) is 0 Å². The molecule has 4 atom stereocenters. The van der Waals surface area contributed by atoms with Gasteiger partial charge >= 0.3 is 0 Å². The molecule has 106 valence electrons. The van der Waals surface area contributed by atoms with E-state index in [1.165, 1.54) is 37.1 Å². The van der Waals surface area contributed by atoms with Crippen molar-refractivity contribution in [1.29, 1.82) is 0 Å². The van der Waals surface area contributed by atoms with Crippen LogP contribution in [0, 0.1) is 17.8 Å². The van der Waals surface area contributed by atoms with Gasteiger partial charge in [-0.2, -0.15) is 5.10 Å². The van der Waals surface area contributed by atoms with Gasteiger partial charge in [0.15, 0.2) is 0 Å². The topological polar surface area (TPSA) is 43.8 Å². The van der Waals surface area contributed by atoms with Crippen molar-refractivity contribution in [3.8, 4) is 0 Å². The van der Waals surface area contributed by atoms with Gasteiger partial charge in [0.25, 0.3) is 0 Å². The van der Waals surface area contributed by atoms with Crippen LogP contribution in [0.5, 0.6) is 0 Å². The van der Waals surface area contributed by atoms with Gasteiger partial charge in [-0.25, -0.2) is 0 Å². The van der Waals surface area contributed by atoms with Crippen LogP contribution in [0.25, 0.3) is 0 Å². The van der Waals surface area contributed by atoms with Crippen molar-refractivity contribution in [3.63, 3.8) is 0 Å². The van der Waals surface area contributed by atoms with Crippen molar-refractivity contribution in [1.82, 2.24) is 9.78 Å². The minimum atomic E-state index is 0.178. The lowest BCUT2D eigenvalue weighted by molar-refractivity contribution is 0.292. The second-order valence-corrected chi connectivity index (χ2v) is 6.51. The van der Waals surface area contributed by atoms with Gasteiger partial charge in [-0.05, 0) is 62.8 Å². The van der Waals surface area contributed by atoms with E-state index in [0.717, 1.165) is 37.1 Å². The van der Waals surface area contributed by atoms with Gasteiger partial charge in [-0.3, -0.25) is 4.68 Å². The smallest absolute Gasteiger partial charge is 0.0625 e. The van der Waals surface area contributed by atoms with Crippen molar-refractivity contribution >= 4 is 0 Å². The van der Waals surface area contributed by atoms with E-state index in [-0.39, 0.29) is 6.04 Å². The first-order valence-corrected chi connectivity index (χ1v) is 8.03. The average molecular weight is 261 g/mol. The van der Waals surface area contributed by atoms with Gasteiger partial charge in [0, 0.05) is 12.6 Å². The largest absolute Gasteiger partial charge is 0.323 e. The fraction of sp³-hybridized carbons (Fsp3) is 0.812. The van der Waals surface area contributed by atoms with Gasteiger partial charge in [-0.1, -0.05) is 13.3 Å². The van der Waals surface area contributed by atoms with Crippen molar-refractivity contribution in [2.75, 3.05) is 0 Å². The third-order valence-electron chi connectivity index (χ3n) is 5.34. The second-order valence-electron chi connectivity index (χ2n) is 6.51. The summed E-state index contributed by atoms with van der Waals surface area (Å²) in [7, 11) is 0. The number of aryl methyl sites for hydroxylation is 2. The molecule has 19 heavy (non-hydrogen) atoms. The van der Waals surface area contributed by atoms with Crippen LogP contribution in [0.4, 0.5) is 0 Å². The highest BCUT2D eigenvalue weighted by atomic mass is 15.3. The molecule has 0 aliphatic heterocycles. The average Bonchev–Trinajstić information content (AvgIpc) is 3.12. The van der Waals surface area contributed by atoms with E-state index < -0.39 is 0 Å². The molecular weight excluding hydrogens is 234 g/mol. The zero-order chi connectivity index (χ0) is 13.4. The third kappa shape index (κ3) is 2.45. The monoisotopic (exact) mass is 261 g/mol. The summed E-state index contributed by atoms with van der Waals surface area (Å²) in [4.78, 5) is 0. The maximum atomic E-state index is 6.49. The molecule has 1 heterocycles. The molecule has 4 unspecified atom stereocenters. The SMILES string of the molecule is CCc1cc(C(N)CC2CC3CCC2C3)n(CC)n1. The first-order valence-electron chi connectivity index (χ1n) is 8.03. The molecule has 0 radical (unpaired) electrons. The molecule has 0 spiro atoms. The molecule has 0 amide bonds. The zero-order valence-corrected chi connectivity index (χ0v) is 12.3. The van der Waals surface area contributed by atoms with E-state index >= 15 is 0 Å². The fourth-order valence-electron chi connectivity index (χ4n) is 4.32. The molecule has 2 N–H and O–H groups in total. The Labute approximate surface area is 116 Å². The Morgan fingerprint density at radius 1 is 1.37 bits per heavy atom. The van der Waals surface area contributed by atoms with Crippen LogP contribution in [0.3, 0.4) is 0 Å². The standard InChI is InChI=1S/C16H27N3/c1-3-14-10-16(19(4-2)18-14)15(17)9-13-8-11-5-6-12(13)7-11/h10-13,15H,3-9,17H2,1-2H3. The van der Waals surface area contributed by atoms with Crippen molar-refractivity contribution in [3.05, 3.63) is 17.5 Å². The van der Waals surface area contributed by atoms with E-state index in [4.69, 9.17) is 5.73 Å². The molecule has 2 fully saturated rings. The first-order chi connectivity index (χ1) is 9.21. The molecule has 3 rings (SSSR count). The summed E-state index contributed by atoms with van der Waals surface area (Å²) in [6, 6.07) is 2.40. The van der Waals surface area contributed by atoms with Crippen molar-refractivity contribution in [2.45, 2.75) is 65.0 Å². The summed E-state index contributed by atoms with van der Waals surface area (Å²) in [5.41, 5.74) is 8.92. The lowest BCUT2D eigenvalue weighted by Crippen LogP contribution is -2.22. The number of rotatable bonds is 5. The molecule has 1 aromatic rings. The Hall–Kier alpha value is -0.830. The first kappa shape index (κ1) is 13.2. The van der Waals surface area contributed by atoms with Gasteiger partial charge in [0.05, 0.1) is 11.4 Å². The Balaban J connectivity index is 1.69. The van der Waals surface area contributed by atoms with Crippen LogP contribution in [-0.4, -0.2) is 9.78 Å². The summed E-state index contributed by atoms with van der Waals surface area (Å²) in [6.07, 6.45) is 8.00. The molecule has 2 aliphatic carbocycles. The predicted octanol–water partition coefficient (Wildman–Crippen LogP) is 3.29. The molecule has 2 aliphatic rings. The summed E-state index contributed by atoms with van der Waals surface area (Å²) >= 11 is 0. The molecule has 3 nitrogen and oxygen atoms in total. The van der Waals surface area contributed by atoms with Gasteiger partial charge < -0.3 is 5.73 Å². The van der Waals surface area contributed by atoms with E-state index in [0.29, 0.717) is 0 Å². The van der Waals surface area contributed by atoms with E-state index in [1.807, 2.05) is 0 Å². The van der Waals surface area contributed by atoms with Gasteiger partial charge in [0.1, 0.15) is 0 Å². The molecule has 1 aromatic heterocycles. The summed E-state index contributed by atoms with van der Waals surface area (Å²) in [5.74, 6) is 2.86. The van der Waals surface area contributed by atoms with Gasteiger partial charge in [-0.15, -0.1) is 0 Å². The molecule has 2 bridgehead atoms. The Morgan fingerprint density at radius 3 is 2.79 bits per heavy atom. The molecular formula is C16H27N3. The lowest BCUT2D eigenvalue weighted by Gasteiger charge is -2.25. The quantitative estimate of drug-likeness (QED) is 0.884. The molecule has 3 heteroatoms. The highest BCUT2D eigenvalue weighted by Crippen LogP contribution is 2.50. The number of fused-ring (bicyclic) bond motifs is 2. The van der Waals surface area contributed by atoms with Crippen LogP contribution in [0.15, 0.2) is 6.07 Å². The molecule has 0 saturated heterocycles. The Kier molecular flexibility index (Phi) is 3.66. The van der Waals surface area contributed by atoms with E-state index in [9.17, 15) is 0 Å². The van der Waals surface area contributed by atoms with Gasteiger partial charge in [0.2, 0.25) is 0 Å². The maximum absolute atomic E-state index is 6.49.